The monoisotopic (exact) mass is 505 g/mol. The average molecular weight is 506 g/mol. The zero-order chi connectivity index (χ0) is 24.9. The Hall–Kier alpha value is -2.97. The highest BCUT2D eigenvalue weighted by Gasteiger charge is 2.72. The fraction of sp³-hybridized carbons (Fsp3) is 0.464. The van der Waals surface area contributed by atoms with Crippen molar-refractivity contribution in [2.45, 2.75) is 69.4 Å². The Morgan fingerprint density at radius 1 is 1.11 bits per heavy atom. The second kappa shape index (κ2) is 9.16. The number of carbonyl (C=O) groups excluding carboxylic acids is 3. The van der Waals surface area contributed by atoms with Crippen LogP contribution < -0.4 is 10.6 Å². The molecule has 1 saturated carbocycles. The number of hydrogen-bond acceptors (Lipinski definition) is 5. The summed E-state index contributed by atoms with van der Waals surface area (Å²) in [6, 6.07) is 10.8. The van der Waals surface area contributed by atoms with E-state index < -0.39 is 29.6 Å². The van der Waals surface area contributed by atoms with Crippen LogP contribution in [0.1, 0.15) is 42.5 Å². The standard InChI is InChI=1S/C28H31N3O4S/c1-17-9-11-19(12-10-17)29-25(32)22-21-13-14-28(35-21)23(22)27(34)31(16-20-8-5-15-36-20)24(28)26(33)30-18-6-3-2-4-7-18/h5,8-15,18,21-24H,2-4,6-7,16H2,1H3,(H,29,32)(H,30,33)/t21-,22-,23-,24-,28-/m1/s1. The number of rotatable bonds is 6. The Morgan fingerprint density at radius 2 is 1.89 bits per heavy atom. The van der Waals surface area contributed by atoms with Gasteiger partial charge in [0.2, 0.25) is 17.7 Å². The van der Waals surface area contributed by atoms with Gasteiger partial charge in [-0.15, -0.1) is 11.3 Å². The minimum Gasteiger partial charge on any atom is -0.359 e. The zero-order valence-electron chi connectivity index (χ0n) is 20.3. The number of benzene rings is 1. The summed E-state index contributed by atoms with van der Waals surface area (Å²) in [7, 11) is 0. The Bertz CT molecular complexity index is 1190. The number of carbonyl (C=O) groups is 3. The van der Waals surface area contributed by atoms with Crippen LogP contribution >= 0.6 is 11.3 Å². The lowest BCUT2D eigenvalue weighted by atomic mass is 9.74. The SMILES string of the molecule is Cc1ccc(NC(=O)[C@@H]2[C@H]3C=C[C@@]4(O3)[C@H]2C(=O)N(Cc2cccs2)[C@@H]4C(=O)NC2CCCCC2)cc1. The number of fused-ring (bicyclic) bond motifs is 1. The molecule has 1 aromatic carbocycles. The van der Waals surface area contributed by atoms with E-state index in [1.165, 1.54) is 6.42 Å². The smallest absolute Gasteiger partial charge is 0.246 e. The van der Waals surface area contributed by atoms with Gasteiger partial charge in [-0.25, -0.2) is 0 Å². The van der Waals surface area contributed by atoms with Crippen LogP contribution in [0, 0.1) is 18.8 Å². The number of hydrogen-bond donors (Lipinski definition) is 2. The van der Waals surface area contributed by atoms with Gasteiger partial charge >= 0.3 is 0 Å². The fourth-order valence-corrected chi connectivity index (χ4v) is 7.10. The third-order valence-corrected chi connectivity index (χ3v) is 8.96. The van der Waals surface area contributed by atoms with E-state index in [-0.39, 0.29) is 23.8 Å². The predicted octanol–water partition coefficient (Wildman–Crippen LogP) is 3.79. The summed E-state index contributed by atoms with van der Waals surface area (Å²) < 4.78 is 6.43. The van der Waals surface area contributed by atoms with E-state index in [9.17, 15) is 14.4 Å². The molecule has 0 radical (unpaired) electrons. The first-order valence-corrected chi connectivity index (χ1v) is 13.7. The van der Waals surface area contributed by atoms with Gasteiger partial charge in [-0.1, -0.05) is 55.2 Å². The molecule has 1 spiro atoms. The summed E-state index contributed by atoms with van der Waals surface area (Å²) in [6.45, 7) is 2.31. The molecule has 0 unspecified atom stereocenters. The number of anilines is 1. The van der Waals surface area contributed by atoms with Gasteiger partial charge in [0.05, 0.1) is 24.5 Å². The minimum absolute atomic E-state index is 0.114. The van der Waals surface area contributed by atoms with Crippen molar-refractivity contribution in [1.29, 1.82) is 0 Å². The number of ether oxygens (including phenoxy) is 1. The lowest BCUT2D eigenvalue weighted by Gasteiger charge is -2.34. The van der Waals surface area contributed by atoms with Crippen molar-refractivity contribution in [3.8, 4) is 0 Å². The predicted molar refractivity (Wildman–Crippen MR) is 137 cm³/mol. The Morgan fingerprint density at radius 3 is 2.61 bits per heavy atom. The van der Waals surface area contributed by atoms with E-state index in [1.807, 2.05) is 60.9 Å². The molecule has 3 aliphatic heterocycles. The van der Waals surface area contributed by atoms with Gasteiger partial charge in [-0.05, 0) is 43.3 Å². The molecule has 8 heteroatoms. The summed E-state index contributed by atoms with van der Waals surface area (Å²) in [4.78, 5) is 43.9. The molecule has 2 saturated heterocycles. The quantitative estimate of drug-likeness (QED) is 0.585. The first kappa shape index (κ1) is 23.4. The van der Waals surface area contributed by atoms with Crippen molar-refractivity contribution >= 4 is 34.7 Å². The van der Waals surface area contributed by atoms with Crippen LogP contribution in [-0.4, -0.2) is 46.4 Å². The van der Waals surface area contributed by atoms with Crippen LogP contribution in [-0.2, 0) is 25.7 Å². The topological polar surface area (TPSA) is 87.7 Å². The highest BCUT2D eigenvalue weighted by Crippen LogP contribution is 2.55. The summed E-state index contributed by atoms with van der Waals surface area (Å²) in [5.74, 6) is -2.05. The molecular weight excluding hydrogens is 474 g/mol. The molecule has 7 nitrogen and oxygen atoms in total. The number of likely N-dealkylation sites (tertiary alicyclic amines) is 1. The Labute approximate surface area is 214 Å². The minimum atomic E-state index is -1.13. The molecule has 3 amide bonds. The molecule has 188 valence electrons. The maximum absolute atomic E-state index is 14.0. The lowest BCUT2D eigenvalue weighted by Crippen LogP contribution is -2.56. The van der Waals surface area contributed by atoms with Gasteiger partial charge < -0.3 is 20.3 Å². The van der Waals surface area contributed by atoms with Crippen LogP contribution in [0.25, 0.3) is 0 Å². The van der Waals surface area contributed by atoms with Crippen molar-refractivity contribution in [1.82, 2.24) is 10.2 Å². The van der Waals surface area contributed by atoms with E-state index in [4.69, 9.17) is 4.74 Å². The van der Waals surface area contributed by atoms with E-state index in [1.54, 1.807) is 16.2 Å². The van der Waals surface area contributed by atoms with Gasteiger partial charge in [0, 0.05) is 16.6 Å². The molecule has 2 aromatic rings. The van der Waals surface area contributed by atoms with E-state index in [0.29, 0.717) is 12.2 Å². The number of aryl methyl sites for hydroxylation is 1. The second-order valence-electron chi connectivity index (χ2n) is 10.4. The lowest BCUT2D eigenvalue weighted by molar-refractivity contribution is -0.142. The zero-order valence-corrected chi connectivity index (χ0v) is 21.1. The van der Waals surface area contributed by atoms with Crippen molar-refractivity contribution < 1.29 is 19.1 Å². The molecule has 1 aliphatic carbocycles. The van der Waals surface area contributed by atoms with E-state index >= 15 is 0 Å². The van der Waals surface area contributed by atoms with Crippen LogP contribution in [0.3, 0.4) is 0 Å². The van der Waals surface area contributed by atoms with Crippen LogP contribution in [0.5, 0.6) is 0 Å². The first-order valence-electron chi connectivity index (χ1n) is 12.8. The molecule has 36 heavy (non-hydrogen) atoms. The summed E-state index contributed by atoms with van der Waals surface area (Å²) in [6.07, 6.45) is 8.49. The average Bonchev–Trinajstić information content (AvgIpc) is 3.64. The van der Waals surface area contributed by atoms with Crippen LogP contribution in [0.2, 0.25) is 0 Å². The fourth-order valence-electron chi connectivity index (χ4n) is 6.40. The van der Waals surface area contributed by atoms with Gasteiger partial charge in [-0.2, -0.15) is 0 Å². The van der Waals surface area contributed by atoms with Gasteiger partial charge in [0.25, 0.3) is 0 Å². The molecule has 6 rings (SSSR count). The summed E-state index contributed by atoms with van der Waals surface area (Å²) in [5.41, 5.74) is 0.645. The summed E-state index contributed by atoms with van der Waals surface area (Å²) >= 11 is 1.55. The number of nitrogens with one attached hydrogen (secondary N) is 2. The maximum Gasteiger partial charge on any atom is 0.246 e. The Kier molecular flexibility index (Phi) is 5.96. The molecule has 1 aromatic heterocycles. The van der Waals surface area contributed by atoms with Gasteiger partial charge in [-0.3, -0.25) is 14.4 Å². The normalized spacial score (nSPS) is 31.0. The molecule has 4 heterocycles. The maximum atomic E-state index is 14.0. The highest BCUT2D eigenvalue weighted by atomic mass is 32.1. The molecule has 3 fully saturated rings. The largest absolute Gasteiger partial charge is 0.359 e. The Balaban J connectivity index is 1.31. The second-order valence-corrected chi connectivity index (χ2v) is 11.5. The number of thiophene rings is 1. The molecule has 2 N–H and O–H groups in total. The molecular formula is C28H31N3O4S. The van der Waals surface area contributed by atoms with Gasteiger partial charge in [0.1, 0.15) is 11.6 Å². The van der Waals surface area contributed by atoms with Crippen molar-refractivity contribution in [3.63, 3.8) is 0 Å². The van der Waals surface area contributed by atoms with Crippen molar-refractivity contribution in [3.05, 3.63) is 64.4 Å². The molecule has 4 aliphatic rings. The summed E-state index contributed by atoms with van der Waals surface area (Å²) in [5, 5.41) is 8.16. The molecule has 5 atom stereocenters. The first-order chi connectivity index (χ1) is 17.5. The highest BCUT2D eigenvalue weighted by molar-refractivity contribution is 7.09. The van der Waals surface area contributed by atoms with E-state index in [0.717, 1.165) is 36.1 Å². The third kappa shape index (κ3) is 3.87. The number of nitrogens with zero attached hydrogens (tertiary/aromatic N) is 1. The van der Waals surface area contributed by atoms with Crippen LogP contribution in [0.4, 0.5) is 5.69 Å². The van der Waals surface area contributed by atoms with Gasteiger partial charge in [0.15, 0.2) is 0 Å². The van der Waals surface area contributed by atoms with Crippen molar-refractivity contribution in [2.24, 2.45) is 11.8 Å². The third-order valence-electron chi connectivity index (χ3n) is 8.10. The van der Waals surface area contributed by atoms with Crippen molar-refractivity contribution in [2.75, 3.05) is 5.32 Å². The number of amides is 3. The van der Waals surface area contributed by atoms with Crippen LogP contribution in [0.15, 0.2) is 53.9 Å². The molecule has 2 bridgehead atoms. The van der Waals surface area contributed by atoms with E-state index in [2.05, 4.69) is 10.6 Å².